The van der Waals surface area contributed by atoms with E-state index < -0.39 is 5.97 Å². The first-order chi connectivity index (χ1) is 20.1. The predicted octanol–water partition coefficient (Wildman–Crippen LogP) is 5.57. The van der Waals surface area contributed by atoms with Gasteiger partial charge in [0.05, 0.1) is 0 Å². The van der Waals surface area contributed by atoms with Crippen LogP contribution in [0.5, 0.6) is 0 Å². The van der Waals surface area contributed by atoms with Crippen LogP contribution in [0.1, 0.15) is 84.1 Å². The Bertz CT molecular complexity index is 1300. The standard InChI is InChI=1S/C34H42N4O3/c39-33(27-14-8-3-9-15-27)31-20-30(35-36-31)25-16-18-37(19-17-25)21-28-22-38(23-29(28)24-10-4-1-5-11-24)32(34(40)41)26-12-6-2-7-13-26/h1,3-5,8-11,14-15,20,25-26,28-29,32H,2,6-7,12-13,16-19,21-23H2,(H,35,36)(H,40,41). The topological polar surface area (TPSA) is 89.5 Å². The Kier molecular flexibility index (Phi) is 8.63. The van der Waals surface area contributed by atoms with Gasteiger partial charge in [-0.05, 0) is 62.2 Å². The zero-order valence-corrected chi connectivity index (χ0v) is 23.8. The SMILES string of the molecule is O=C(c1ccccc1)c1cc(C2CCN(CC3CN(C(C(=O)O)C4CCCCC4)CC3c3ccccc3)CC2)[nH]n1. The fourth-order valence-electron chi connectivity index (χ4n) is 7.66. The lowest BCUT2D eigenvalue weighted by Crippen LogP contribution is -2.46. The van der Waals surface area contributed by atoms with Crippen LogP contribution in [0.15, 0.2) is 66.7 Å². The van der Waals surface area contributed by atoms with Gasteiger partial charge in [0.1, 0.15) is 11.7 Å². The van der Waals surface area contributed by atoms with Crippen LogP contribution in [0.3, 0.4) is 0 Å². The Morgan fingerprint density at radius 1 is 0.902 bits per heavy atom. The summed E-state index contributed by atoms with van der Waals surface area (Å²) < 4.78 is 0. The Balaban J connectivity index is 1.10. The van der Waals surface area contributed by atoms with Crippen LogP contribution in [0.4, 0.5) is 0 Å². The van der Waals surface area contributed by atoms with E-state index in [0.29, 0.717) is 29.0 Å². The van der Waals surface area contributed by atoms with Crippen LogP contribution >= 0.6 is 0 Å². The fraction of sp³-hybridized carbons (Fsp3) is 0.500. The smallest absolute Gasteiger partial charge is 0.321 e. The highest BCUT2D eigenvalue weighted by molar-refractivity contribution is 6.07. The number of carboxylic acid groups (broad SMARTS) is 1. The van der Waals surface area contributed by atoms with Crippen molar-refractivity contribution >= 4 is 11.8 Å². The van der Waals surface area contributed by atoms with Crippen molar-refractivity contribution in [3.63, 3.8) is 0 Å². The first-order valence-corrected chi connectivity index (χ1v) is 15.5. The molecule has 0 radical (unpaired) electrons. The van der Waals surface area contributed by atoms with E-state index in [1.165, 1.54) is 12.0 Å². The highest BCUT2D eigenvalue weighted by Gasteiger charge is 2.43. The second kappa shape index (κ2) is 12.7. The number of piperidine rings is 1. The summed E-state index contributed by atoms with van der Waals surface area (Å²) in [4.78, 5) is 30.2. The largest absolute Gasteiger partial charge is 0.480 e. The number of rotatable bonds is 9. The number of aromatic nitrogens is 2. The zero-order valence-electron chi connectivity index (χ0n) is 23.8. The third kappa shape index (κ3) is 6.31. The molecule has 41 heavy (non-hydrogen) atoms. The second-order valence-corrected chi connectivity index (χ2v) is 12.4. The monoisotopic (exact) mass is 554 g/mol. The van der Waals surface area contributed by atoms with Crippen molar-refractivity contribution in [3.05, 3.63) is 89.2 Å². The van der Waals surface area contributed by atoms with Gasteiger partial charge in [-0.3, -0.25) is 19.6 Å². The number of carboxylic acids is 1. The molecule has 3 unspecified atom stereocenters. The summed E-state index contributed by atoms with van der Waals surface area (Å²) in [6, 6.07) is 21.6. The van der Waals surface area contributed by atoms with Gasteiger partial charge in [-0.1, -0.05) is 79.9 Å². The molecule has 216 valence electrons. The summed E-state index contributed by atoms with van der Waals surface area (Å²) in [6.45, 7) is 4.65. The molecule has 3 atom stereocenters. The molecule has 2 aromatic carbocycles. The highest BCUT2D eigenvalue weighted by Crippen LogP contribution is 2.39. The maximum atomic E-state index is 12.8. The minimum Gasteiger partial charge on any atom is -0.480 e. The third-order valence-electron chi connectivity index (χ3n) is 9.83. The number of hydrogen-bond acceptors (Lipinski definition) is 5. The number of ketones is 1. The van der Waals surface area contributed by atoms with Crippen molar-refractivity contribution in [1.82, 2.24) is 20.0 Å². The Labute approximate surface area is 242 Å². The summed E-state index contributed by atoms with van der Waals surface area (Å²) >= 11 is 0. The van der Waals surface area contributed by atoms with Gasteiger partial charge < -0.3 is 10.0 Å². The minimum absolute atomic E-state index is 0.0452. The summed E-state index contributed by atoms with van der Waals surface area (Å²) in [5.41, 5.74) is 3.52. The van der Waals surface area contributed by atoms with E-state index in [4.69, 9.17) is 0 Å². The zero-order chi connectivity index (χ0) is 28.2. The molecular weight excluding hydrogens is 512 g/mol. The Morgan fingerprint density at radius 3 is 2.27 bits per heavy atom. The maximum Gasteiger partial charge on any atom is 0.321 e. The molecule has 7 heteroatoms. The average molecular weight is 555 g/mol. The number of carbonyl (C=O) groups excluding carboxylic acids is 1. The van der Waals surface area contributed by atoms with Crippen LogP contribution in [0.2, 0.25) is 0 Å². The third-order valence-corrected chi connectivity index (χ3v) is 9.83. The van der Waals surface area contributed by atoms with Gasteiger partial charge in [0.25, 0.3) is 0 Å². The van der Waals surface area contributed by atoms with Gasteiger partial charge in [-0.2, -0.15) is 5.10 Å². The van der Waals surface area contributed by atoms with E-state index in [1.807, 2.05) is 36.4 Å². The minimum atomic E-state index is -0.644. The number of aromatic amines is 1. The molecule has 2 aliphatic heterocycles. The van der Waals surface area contributed by atoms with Gasteiger partial charge in [-0.15, -0.1) is 0 Å². The molecule has 3 heterocycles. The molecule has 1 aromatic heterocycles. The van der Waals surface area contributed by atoms with E-state index >= 15 is 0 Å². The van der Waals surface area contributed by atoms with Crippen molar-refractivity contribution < 1.29 is 14.7 Å². The number of carbonyl (C=O) groups is 2. The first-order valence-electron chi connectivity index (χ1n) is 15.5. The fourth-order valence-corrected chi connectivity index (χ4v) is 7.66. The Hall–Kier alpha value is -3.29. The van der Waals surface area contributed by atoms with E-state index in [2.05, 4.69) is 50.3 Å². The molecule has 6 rings (SSSR count). The number of aliphatic carboxylic acids is 1. The lowest BCUT2D eigenvalue weighted by atomic mass is 9.83. The van der Waals surface area contributed by atoms with Gasteiger partial charge >= 0.3 is 5.97 Å². The predicted molar refractivity (Wildman–Crippen MR) is 159 cm³/mol. The molecule has 3 aromatic rings. The van der Waals surface area contributed by atoms with Crippen molar-refractivity contribution in [3.8, 4) is 0 Å². The number of nitrogens with one attached hydrogen (secondary N) is 1. The lowest BCUT2D eigenvalue weighted by molar-refractivity contribution is -0.145. The first kappa shape index (κ1) is 27.9. The van der Waals surface area contributed by atoms with Crippen molar-refractivity contribution in [1.29, 1.82) is 0 Å². The molecule has 2 N–H and O–H groups in total. The van der Waals surface area contributed by atoms with Crippen LogP contribution in [-0.2, 0) is 4.79 Å². The van der Waals surface area contributed by atoms with Gasteiger partial charge in [0, 0.05) is 42.7 Å². The normalized spacial score (nSPS) is 23.9. The number of H-pyrrole nitrogens is 1. The number of hydrogen-bond donors (Lipinski definition) is 2. The van der Waals surface area contributed by atoms with E-state index in [9.17, 15) is 14.7 Å². The van der Waals surface area contributed by atoms with Crippen LogP contribution in [-0.4, -0.2) is 75.6 Å². The maximum absolute atomic E-state index is 12.8. The van der Waals surface area contributed by atoms with Crippen molar-refractivity contribution in [2.45, 2.75) is 62.8 Å². The number of likely N-dealkylation sites (tertiary alicyclic amines) is 2. The average Bonchev–Trinajstić information content (AvgIpc) is 3.67. The van der Waals surface area contributed by atoms with Crippen LogP contribution in [0, 0.1) is 11.8 Å². The van der Waals surface area contributed by atoms with Crippen LogP contribution in [0.25, 0.3) is 0 Å². The molecule has 3 fully saturated rings. The molecule has 3 aliphatic rings. The molecule has 0 spiro atoms. The summed E-state index contributed by atoms with van der Waals surface area (Å²) in [6.07, 6.45) is 7.65. The molecule has 0 amide bonds. The van der Waals surface area contributed by atoms with Crippen LogP contribution < -0.4 is 0 Å². The van der Waals surface area contributed by atoms with Gasteiger partial charge in [0.2, 0.25) is 5.78 Å². The van der Waals surface area contributed by atoms with E-state index in [-0.39, 0.29) is 17.7 Å². The summed E-state index contributed by atoms with van der Waals surface area (Å²) in [5.74, 6) is 0.690. The number of nitrogens with zero attached hydrogens (tertiary/aromatic N) is 3. The van der Waals surface area contributed by atoms with Gasteiger partial charge in [-0.25, -0.2) is 0 Å². The molecule has 2 saturated heterocycles. The quantitative estimate of drug-likeness (QED) is 0.336. The second-order valence-electron chi connectivity index (χ2n) is 12.4. The molecule has 7 nitrogen and oxygen atoms in total. The molecule has 0 bridgehead atoms. The number of benzene rings is 2. The molecule has 1 aliphatic carbocycles. The molecular formula is C34H42N4O3. The van der Waals surface area contributed by atoms with Gasteiger partial charge in [0.15, 0.2) is 0 Å². The lowest BCUT2D eigenvalue weighted by Gasteiger charge is -2.35. The summed E-state index contributed by atoms with van der Waals surface area (Å²) in [7, 11) is 0. The Morgan fingerprint density at radius 2 is 1.59 bits per heavy atom. The summed E-state index contributed by atoms with van der Waals surface area (Å²) in [5, 5.41) is 17.8. The van der Waals surface area contributed by atoms with Crippen molar-refractivity contribution in [2.24, 2.45) is 11.8 Å². The molecule has 1 saturated carbocycles. The highest BCUT2D eigenvalue weighted by atomic mass is 16.4. The van der Waals surface area contributed by atoms with E-state index in [0.717, 1.165) is 76.9 Å². The van der Waals surface area contributed by atoms with E-state index in [1.54, 1.807) is 0 Å². The van der Waals surface area contributed by atoms with Crippen molar-refractivity contribution in [2.75, 3.05) is 32.7 Å².